The van der Waals surface area contributed by atoms with E-state index in [1.54, 1.807) is 26.4 Å². The van der Waals surface area contributed by atoms with Gasteiger partial charge in [-0.05, 0) is 24.6 Å². The van der Waals surface area contributed by atoms with E-state index >= 15 is 0 Å². The summed E-state index contributed by atoms with van der Waals surface area (Å²) in [6.45, 7) is 0. The van der Waals surface area contributed by atoms with Crippen molar-refractivity contribution < 1.29 is 14.3 Å². The van der Waals surface area contributed by atoms with Gasteiger partial charge in [-0.3, -0.25) is 4.79 Å². The lowest BCUT2D eigenvalue weighted by atomic mass is 10.0. The summed E-state index contributed by atoms with van der Waals surface area (Å²) in [7, 11) is 3.22. The fraction of sp³-hybridized carbons (Fsp3) is 0.278. The SMILES string of the molecule is COc1ccc(C2CC(C(=O)Nc3ccccc3Cl)NN2)c(OC)c1. The fourth-order valence-electron chi connectivity index (χ4n) is 2.82. The monoisotopic (exact) mass is 361 g/mol. The topological polar surface area (TPSA) is 71.6 Å². The molecule has 1 aliphatic heterocycles. The molecule has 6 nitrogen and oxygen atoms in total. The van der Waals surface area contributed by atoms with Crippen molar-refractivity contribution in [2.75, 3.05) is 19.5 Å². The van der Waals surface area contributed by atoms with E-state index in [0.29, 0.717) is 22.9 Å². The van der Waals surface area contributed by atoms with Gasteiger partial charge in [0.1, 0.15) is 17.5 Å². The summed E-state index contributed by atoms with van der Waals surface area (Å²) in [5.41, 5.74) is 7.74. The largest absolute Gasteiger partial charge is 0.497 e. The number of carbonyl (C=O) groups excluding carboxylic acids is 1. The van der Waals surface area contributed by atoms with E-state index < -0.39 is 0 Å². The van der Waals surface area contributed by atoms with Crippen LogP contribution in [0.1, 0.15) is 18.0 Å². The molecule has 0 aliphatic carbocycles. The molecule has 0 spiro atoms. The summed E-state index contributed by atoms with van der Waals surface area (Å²) in [6.07, 6.45) is 0.582. The van der Waals surface area contributed by atoms with Crippen molar-refractivity contribution in [3.63, 3.8) is 0 Å². The van der Waals surface area contributed by atoms with Gasteiger partial charge in [-0.1, -0.05) is 29.8 Å². The lowest BCUT2D eigenvalue weighted by Crippen LogP contribution is -2.39. The average molecular weight is 362 g/mol. The molecule has 1 fully saturated rings. The predicted molar refractivity (Wildman–Crippen MR) is 97.0 cm³/mol. The van der Waals surface area contributed by atoms with Crippen LogP contribution < -0.4 is 25.6 Å². The van der Waals surface area contributed by atoms with Crippen LogP contribution in [-0.4, -0.2) is 26.2 Å². The van der Waals surface area contributed by atoms with Gasteiger partial charge < -0.3 is 14.8 Å². The number of methoxy groups -OCH3 is 2. The second-order valence-electron chi connectivity index (χ2n) is 5.71. The quantitative estimate of drug-likeness (QED) is 0.763. The molecule has 0 radical (unpaired) electrons. The molecule has 2 aromatic rings. The normalized spacial score (nSPS) is 19.5. The molecule has 0 saturated carbocycles. The molecule has 132 valence electrons. The van der Waals surface area contributed by atoms with Crippen LogP contribution in [-0.2, 0) is 4.79 Å². The number of para-hydroxylation sites is 1. The number of carbonyl (C=O) groups is 1. The zero-order chi connectivity index (χ0) is 17.8. The number of anilines is 1. The Bertz CT molecular complexity index is 769. The molecular weight excluding hydrogens is 342 g/mol. The lowest BCUT2D eigenvalue weighted by molar-refractivity contribution is -0.117. The van der Waals surface area contributed by atoms with Crippen LogP contribution >= 0.6 is 11.6 Å². The second-order valence-corrected chi connectivity index (χ2v) is 6.11. The average Bonchev–Trinajstić information content (AvgIpc) is 3.13. The van der Waals surface area contributed by atoms with Gasteiger partial charge in [-0.15, -0.1) is 0 Å². The van der Waals surface area contributed by atoms with E-state index in [2.05, 4.69) is 16.2 Å². The summed E-state index contributed by atoms with van der Waals surface area (Å²) < 4.78 is 10.7. The highest BCUT2D eigenvalue weighted by Crippen LogP contribution is 2.33. The summed E-state index contributed by atoms with van der Waals surface area (Å²) in [5.74, 6) is 1.29. The Labute approximate surface area is 151 Å². The standard InChI is InChI=1S/C18H20ClN3O3/c1-24-11-7-8-12(17(9-11)25-2)15-10-16(22-21-15)18(23)20-14-6-4-3-5-13(14)19/h3-9,15-16,21-22H,10H2,1-2H3,(H,20,23). The zero-order valence-corrected chi connectivity index (χ0v) is 14.8. The number of nitrogens with one attached hydrogen (secondary N) is 3. The van der Waals surface area contributed by atoms with Crippen LogP contribution in [0, 0.1) is 0 Å². The Morgan fingerprint density at radius 1 is 1.16 bits per heavy atom. The molecule has 7 heteroatoms. The first-order valence-corrected chi connectivity index (χ1v) is 8.28. The van der Waals surface area contributed by atoms with Gasteiger partial charge in [0.05, 0.1) is 31.0 Å². The number of amides is 1. The van der Waals surface area contributed by atoms with E-state index in [1.807, 2.05) is 30.3 Å². The van der Waals surface area contributed by atoms with Gasteiger partial charge in [0.15, 0.2) is 0 Å². The predicted octanol–water partition coefficient (Wildman–Crippen LogP) is 2.90. The number of hydrogen-bond donors (Lipinski definition) is 3. The molecule has 1 saturated heterocycles. The first-order valence-electron chi connectivity index (χ1n) is 7.90. The molecule has 2 atom stereocenters. The van der Waals surface area contributed by atoms with Crippen LogP contribution in [0.3, 0.4) is 0 Å². The highest BCUT2D eigenvalue weighted by molar-refractivity contribution is 6.33. The van der Waals surface area contributed by atoms with E-state index in [4.69, 9.17) is 21.1 Å². The van der Waals surface area contributed by atoms with Crippen molar-refractivity contribution in [2.45, 2.75) is 18.5 Å². The van der Waals surface area contributed by atoms with E-state index in [9.17, 15) is 4.79 Å². The Kier molecular flexibility index (Phi) is 5.43. The van der Waals surface area contributed by atoms with Crippen LogP contribution in [0.25, 0.3) is 0 Å². The van der Waals surface area contributed by atoms with E-state index in [0.717, 1.165) is 11.3 Å². The van der Waals surface area contributed by atoms with Gasteiger partial charge in [0.2, 0.25) is 5.91 Å². The first kappa shape index (κ1) is 17.5. The third kappa shape index (κ3) is 3.87. The lowest BCUT2D eigenvalue weighted by Gasteiger charge is -2.15. The highest BCUT2D eigenvalue weighted by Gasteiger charge is 2.32. The summed E-state index contributed by atoms with van der Waals surface area (Å²) >= 11 is 6.09. The summed E-state index contributed by atoms with van der Waals surface area (Å²) in [4.78, 5) is 12.5. The molecule has 3 N–H and O–H groups in total. The van der Waals surface area contributed by atoms with Crippen molar-refractivity contribution in [3.05, 3.63) is 53.1 Å². The molecule has 1 aliphatic rings. The van der Waals surface area contributed by atoms with Gasteiger partial charge in [-0.25, -0.2) is 10.9 Å². The summed E-state index contributed by atoms with van der Waals surface area (Å²) in [6, 6.07) is 12.4. The molecule has 0 bridgehead atoms. The fourth-order valence-corrected chi connectivity index (χ4v) is 3.00. The molecular formula is C18H20ClN3O3. The number of hydrazine groups is 1. The Morgan fingerprint density at radius 2 is 1.96 bits per heavy atom. The number of halogens is 1. The Morgan fingerprint density at radius 3 is 2.68 bits per heavy atom. The van der Waals surface area contributed by atoms with Gasteiger partial charge in [0, 0.05) is 11.6 Å². The minimum Gasteiger partial charge on any atom is -0.497 e. The summed E-state index contributed by atoms with van der Waals surface area (Å²) in [5, 5.41) is 3.36. The van der Waals surface area contributed by atoms with Crippen LogP contribution in [0.5, 0.6) is 11.5 Å². The van der Waals surface area contributed by atoms with E-state index in [-0.39, 0.29) is 18.0 Å². The minimum absolute atomic E-state index is 0.0529. The number of hydrogen-bond acceptors (Lipinski definition) is 5. The molecule has 0 aromatic heterocycles. The second kappa shape index (κ2) is 7.74. The van der Waals surface area contributed by atoms with Crippen molar-refractivity contribution in [1.29, 1.82) is 0 Å². The zero-order valence-electron chi connectivity index (χ0n) is 14.0. The van der Waals surface area contributed by atoms with Crippen LogP contribution in [0.4, 0.5) is 5.69 Å². The third-order valence-electron chi connectivity index (χ3n) is 4.17. The Hall–Kier alpha value is -2.28. The maximum Gasteiger partial charge on any atom is 0.242 e. The molecule has 25 heavy (non-hydrogen) atoms. The molecule has 1 amide bonds. The molecule has 2 aromatic carbocycles. The highest BCUT2D eigenvalue weighted by atomic mass is 35.5. The van der Waals surface area contributed by atoms with Crippen molar-refractivity contribution in [3.8, 4) is 11.5 Å². The van der Waals surface area contributed by atoms with Crippen LogP contribution in [0.15, 0.2) is 42.5 Å². The maximum atomic E-state index is 12.5. The number of rotatable bonds is 5. The number of benzene rings is 2. The van der Waals surface area contributed by atoms with Gasteiger partial charge >= 0.3 is 0 Å². The minimum atomic E-state index is -0.381. The molecule has 1 heterocycles. The third-order valence-corrected chi connectivity index (χ3v) is 4.50. The van der Waals surface area contributed by atoms with Crippen molar-refractivity contribution in [1.82, 2.24) is 10.9 Å². The number of ether oxygens (including phenoxy) is 2. The molecule has 2 unspecified atom stereocenters. The van der Waals surface area contributed by atoms with Crippen molar-refractivity contribution in [2.24, 2.45) is 0 Å². The first-order chi connectivity index (χ1) is 12.1. The Balaban J connectivity index is 1.69. The van der Waals surface area contributed by atoms with Crippen molar-refractivity contribution >= 4 is 23.2 Å². The van der Waals surface area contributed by atoms with E-state index in [1.165, 1.54) is 0 Å². The van der Waals surface area contributed by atoms with Gasteiger partial charge in [0.25, 0.3) is 0 Å². The van der Waals surface area contributed by atoms with Gasteiger partial charge in [-0.2, -0.15) is 0 Å². The van der Waals surface area contributed by atoms with Crippen LogP contribution in [0.2, 0.25) is 5.02 Å². The maximum absolute atomic E-state index is 12.5. The smallest absolute Gasteiger partial charge is 0.242 e. The molecule has 3 rings (SSSR count).